The van der Waals surface area contributed by atoms with E-state index in [-0.39, 0.29) is 6.61 Å². The topological polar surface area (TPSA) is 49.7 Å². The van der Waals surface area contributed by atoms with E-state index in [9.17, 15) is 10.2 Å². The highest BCUT2D eigenvalue weighted by Gasteiger charge is 2.18. The fraction of sp³-hybridized carbons (Fsp3) is 0.538. The molecule has 0 spiro atoms. The maximum absolute atomic E-state index is 9.76. The molecule has 1 aromatic rings. The molecular weight excluding hydrogens is 204 g/mol. The molecule has 0 aliphatic carbocycles. The summed E-state index contributed by atoms with van der Waals surface area (Å²) < 4.78 is 5.46. The molecule has 0 saturated heterocycles. The Balaban J connectivity index is 2.56. The predicted molar refractivity (Wildman–Crippen MR) is 63.5 cm³/mol. The lowest BCUT2D eigenvalue weighted by Gasteiger charge is -2.21. The number of hydrogen-bond acceptors (Lipinski definition) is 3. The molecule has 16 heavy (non-hydrogen) atoms. The van der Waals surface area contributed by atoms with Crippen LogP contribution in [0.4, 0.5) is 0 Å². The molecule has 1 unspecified atom stereocenters. The molecule has 0 heterocycles. The Morgan fingerprint density at radius 2 is 1.88 bits per heavy atom. The van der Waals surface area contributed by atoms with Crippen LogP contribution >= 0.6 is 0 Å². The first-order valence-electron chi connectivity index (χ1n) is 5.58. The first kappa shape index (κ1) is 13.0. The Bertz CT molecular complexity index is 314. The van der Waals surface area contributed by atoms with Gasteiger partial charge in [0, 0.05) is 0 Å². The number of ether oxygens (including phenoxy) is 1. The van der Waals surface area contributed by atoms with Crippen LogP contribution in [0.25, 0.3) is 0 Å². The van der Waals surface area contributed by atoms with Crippen molar-refractivity contribution in [2.75, 3.05) is 6.61 Å². The second-order valence-corrected chi connectivity index (χ2v) is 4.38. The van der Waals surface area contributed by atoms with Gasteiger partial charge in [0.15, 0.2) is 0 Å². The van der Waals surface area contributed by atoms with Crippen LogP contribution in [0.1, 0.15) is 38.9 Å². The SMILES string of the molecule is CCC(C)(O)COc1ccc([C@H](C)O)cc1. The largest absolute Gasteiger partial charge is 0.491 e. The summed E-state index contributed by atoms with van der Waals surface area (Å²) in [5, 5.41) is 19.1. The van der Waals surface area contributed by atoms with Crippen molar-refractivity contribution in [3.8, 4) is 5.75 Å². The molecule has 0 bridgehead atoms. The number of rotatable bonds is 5. The second kappa shape index (κ2) is 5.32. The maximum Gasteiger partial charge on any atom is 0.119 e. The summed E-state index contributed by atoms with van der Waals surface area (Å²) in [6.07, 6.45) is 0.187. The van der Waals surface area contributed by atoms with Gasteiger partial charge < -0.3 is 14.9 Å². The van der Waals surface area contributed by atoms with Crippen molar-refractivity contribution in [1.29, 1.82) is 0 Å². The molecular formula is C13H20O3. The standard InChI is InChI=1S/C13H20O3/c1-4-13(3,15)9-16-12-7-5-11(6-8-12)10(2)14/h5-8,10,14-15H,4,9H2,1-3H3/t10-,13?/m0/s1. The number of aliphatic hydroxyl groups is 2. The summed E-state index contributed by atoms with van der Waals surface area (Å²) in [7, 11) is 0. The molecule has 0 saturated carbocycles. The van der Waals surface area contributed by atoms with E-state index in [4.69, 9.17) is 4.74 Å². The molecule has 2 N–H and O–H groups in total. The highest BCUT2D eigenvalue weighted by atomic mass is 16.5. The zero-order valence-corrected chi connectivity index (χ0v) is 10.1. The van der Waals surface area contributed by atoms with Gasteiger partial charge in [0.25, 0.3) is 0 Å². The molecule has 0 amide bonds. The molecule has 1 aromatic carbocycles. The van der Waals surface area contributed by atoms with Crippen LogP contribution in [-0.2, 0) is 0 Å². The molecule has 3 heteroatoms. The fourth-order valence-corrected chi connectivity index (χ4v) is 1.18. The van der Waals surface area contributed by atoms with Crippen LogP contribution in [0.3, 0.4) is 0 Å². The van der Waals surface area contributed by atoms with Gasteiger partial charge in [-0.1, -0.05) is 19.1 Å². The molecule has 2 atom stereocenters. The minimum atomic E-state index is -0.789. The predicted octanol–water partition coefficient (Wildman–Crippen LogP) is 2.28. The van der Waals surface area contributed by atoms with Gasteiger partial charge in [-0.2, -0.15) is 0 Å². The van der Waals surface area contributed by atoms with E-state index in [1.165, 1.54) is 0 Å². The van der Waals surface area contributed by atoms with Crippen LogP contribution in [0.15, 0.2) is 24.3 Å². The molecule has 0 radical (unpaired) electrons. The van der Waals surface area contributed by atoms with Crippen molar-refractivity contribution in [3.05, 3.63) is 29.8 Å². The molecule has 90 valence electrons. The molecule has 0 aliphatic rings. The van der Waals surface area contributed by atoms with Gasteiger partial charge in [0.05, 0.1) is 11.7 Å². The Kier molecular flexibility index (Phi) is 4.33. The summed E-state index contributed by atoms with van der Waals surface area (Å²) in [4.78, 5) is 0. The van der Waals surface area contributed by atoms with Gasteiger partial charge in [-0.3, -0.25) is 0 Å². The number of aliphatic hydroxyl groups excluding tert-OH is 1. The summed E-state index contributed by atoms with van der Waals surface area (Å²) in [6.45, 7) is 5.66. The summed E-state index contributed by atoms with van der Waals surface area (Å²) in [6, 6.07) is 7.24. The third-order valence-corrected chi connectivity index (χ3v) is 2.67. The van der Waals surface area contributed by atoms with Crippen molar-refractivity contribution in [2.45, 2.75) is 38.9 Å². The monoisotopic (exact) mass is 224 g/mol. The van der Waals surface area contributed by atoms with E-state index in [2.05, 4.69) is 0 Å². The molecule has 3 nitrogen and oxygen atoms in total. The third-order valence-electron chi connectivity index (χ3n) is 2.67. The van der Waals surface area contributed by atoms with Crippen LogP contribution < -0.4 is 4.74 Å². The van der Waals surface area contributed by atoms with Crippen molar-refractivity contribution in [2.24, 2.45) is 0 Å². The Hall–Kier alpha value is -1.06. The summed E-state index contributed by atoms with van der Waals surface area (Å²) in [5.74, 6) is 0.707. The van der Waals surface area contributed by atoms with Gasteiger partial charge in [-0.15, -0.1) is 0 Å². The maximum atomic E-state index is 9.76. The van der Waals surface area contributed by atoms with Gasteiger partial charge in [0.2, 0.25) is 0 Å². The smallest absolute Gasteiger partial charge is 0.119 e. The van der Waals surface area contributed by atoms with Crippen LogP contribution in [-0.4, -0.2) is 22.4 Å². The molecule has 1 rings (SSSR count). The minimum Gasteiger partial charge on any atom is -0.491 e. The van der Waals surface area contributed by atoms with Gasteiger partial charge in [-0.25, -0.2) is 0 Å². The first-order valence-corrected chi connectivity index (χ1v) is 5.58. The zero-order chi connectivity index (χ0) is 12.2. The fourth-order valence-electron chi connectivity index (χ4n) is 1.18. The molecule has 0 aliphatic heterocycles. The lowest BCUT2D eigenvalue weighted by atomic mass is 10.1. The number of benzene rings is 1. The Labute approximate surface area is 96.7 Å². The van der Waals surface area contributed by atoms with E-state index in [0.717, 1.165) is 5.56 Å². The van der Waals surface area contributed by atoms with E-state index in [0.29, 0.717) is 12.2 Å². The highest BCUT2D eigenvalue weighted by Crippen LogP contribution is 2.19. The van der Waals surface area contributed by atoms with E-state index in [1.807, 2.05) is 19.1 Å². The average molecular weight is 224 g/mol. The second-order valence-electron chi connectivity index (χ2n) is 4.38. The lowest BCUT2D eigenvalue weighted by molar-refractivity contribution is 0.00845. The Morgan fingerprint density at radius 3 is 2.31 bits per heavy atom. The average Bonchev–Trinajstić information content (AvgIpc) is 2.27. The van der Waals surface area contributed by atoms with E-state index in [1.54, 1.807) is 26.0 Å². The minimum absolute atomic E-state index is 0.275. The van der Waals surface area contributed by atoms with Crippen molar-refractivity contribution < 1.29 is 14.9 Å². The first-order chi connectivity index (χ1) is 7.44. The quantitative estimate of drug-likeness (QED) is 0.806. The van der Waals surface area contributed by atoms with Crippen LogP contribution in [0.2, 0.25) is 0 Å². The van der Waals surface area contributed by atoms with Gasteiger partial charge >= 0.3 is 0 Å². The van der Waals surface area contributed by atoms with Gasteiger partial charge in [0.1, 0.15) is 12.4 Å². The van der Waals surface area contributed by atoms with E-state index >= 15 is 0 Å². The van der Waals surface area contributed by atoms with E-state index < -0.39 is 11.7 Å². The summed E-state index contributed by atoms with van der Waals surface area (Å²) in [5.41, 5.74) is 0.0674. The van der Waals surface area contributed by atoms with Crippen molar-refractivity contribution >= 4 is 0 Å². The summed E-state index contributed by atoms with van der Waals surface area (Å²) >= 11 is 0. The van der Waals surface area contributed by atoms with Crippen LogP contribution in [0.5, 0.6) is 5.75 Å². The van der Waals surface area contributed by atoms with Gasteiger partial charge in [-0.05, 0) is 38.0 Å². The zero-order valence-electron chi connectivity index (χ0n) is 10.1. The molecule has 0 aromatic heterocycles. The Morgan fingerprint density at radius 1 is 1.31 bits per heavy atom. The molecule has 0 fully saturated rings. The van der Waals surface area contributed by atoms with Crippen molar-refractivity contribution in [1.82, 2.24) is 0 Å². The van der Waals surface area contributed by atoms with Crippen molar-refractivity contribution in [3.63, 3.8) is 0 Å². The third kappa shape index (κ3) is 3.83. The van der Waals surface area contributed by atoms with Crippen LogP contribution in [0, 0.1) is 0 Å². The normalized spacial score (nSPS) is 16.6. The highest BCUT2D eigenvalue weighted by molar-refractivity contribution is 5.28. The number of hydrogen-bond donors (Lipinski definition) is 2. The lowest BCUT2D eigenvalue weighted by Crippen LogP contribution is -2.31.